The van der Waals surface area contributed by atoms with Gasteiger partial charge in [-0.3, -0.25) is 4.99 Å². The Morgan fingerprint density at radius 2 is 2.00 bits per heavy atom. The van der Waals surface area contributed by atoms with Crippen molar-refractivity contribution in [1.29, 1.82) is 0 Å². The van der Waals surface area contributed by atoms with E-state index in [1.807, 2.05) is 24.3 Å². The highest BCUT2D eigenvalue weighted by atomic mass is 127. The largest absolute Gasteiger partial charge is 0.356 e. The van der Waals surface area contributed by atoms with Crippen molar-refractivity contribution in [2.45, 2.75) is 45.1 Å². The van der Waals surface area contributed by atoms with Crippen LogP contribution in [0.2, 0.25) is 5.02 Å². The number of aromatic nitrogens is 2. The maximum Gasteiger partial charge on any atom is 0.228 e. The molecule has 1 aromatic heterocycles. The Morgan fingerprint density at radius 3 is 2.73 bits per heavy atom. The molecule has 1 aromatic carbocycles. The van der Waals surface area contributed by atoms with E-state index in [1.54, 1.807) is 7.05 Å². The molecule has 2 heterocycles. The van der Waals surface area contributed by atoms with Crippen molar-refractivity contribution in [1.82, 2.24) is 25.7 Å². The van der Waals surface area contributed by atoms with E-state index in [0.29, 0.717) is 35.7 Å². The van der Waals surface area contributed by atoms with Crippen LogP contribution in [-0.2, 0) is 6.42 Å². The van der Waals surface area contributed by atoms with E-state index in [0.717, 1.165) is 31.0 Å². The predicted molar refractivity (Wildman–Crippen MR) is 133 cm³/mol. The second-order valence-electron chi connectivity index (χ2n) is 7.43. The molecule has 0 amide bonds. The monoisotopic (exact) mass is 546 g/mol. The Hall–Kier alpha value is -1.39. The standard InChI is InChI=1S/C21H31ClN6O.HI/c1-16-6-3-4-14-28(16)15-5-12-24-21(23-2)25-13-11-19-26-20(27-29-19)17-7-9-18(22)10-8-17;/h7-10,16H,3-6,11-15H2,1-2H3,(H2,23,24,25);1H. The SMILES string of the molecule is CN=C(NCCCN1CCCCC1C)NCCc1nc(-c2ccc(Cl)cc2)no1.I. The van der Waals surface area contributed by atoms with Crippen molar-refractivity contribution >= 4 is 41.5 Å². The van der Waals surface area contributed by atoms with Gasteiger partial charge in [0.1, 0.15) is 0 Å². The van der Waals surface area contributed by atoms with Gasteiger partial charge in [-0.2, -0.15) is 4.98 Å². The first-order valence-corrected chi connectivity index (χ1v) is 10.8. The maximum atomic E-state index is 5.92. The highest BCUT2D eigenvalue weighted by molar-refractivity contribution is 14.0. The number of nitrogens with zero attached hydrogens (tertiary/aromatic N) is 4. The number of likely N-dealkylation sites (tertiary alicyclic amines) is 1. The minimum absolute atomic E-state index is 0. The van der Waals surface area contributed by atoms with Crippen molar-refractivity contribution in [2.75, 3.05) is 33.2 Å². The van der Waals surface area contributed by atoms with E-state index in [1.165, 1.54) is 25.8 Å². The topological polar surface area (TPSA) is 78.6 Å². The van der Waals surface area contributed by atoms with Gasteiger partial charge < -0.3 is 20.1 Å². The summed E-state index contributed by atoms with van der Waals surface area (Å²) in [6, 6.07) is 8.11. The first-order valence-electron chi connectivity index (χ1n) is 10.4. The summed E-state index contributed by atoms with van der Waals surface area (Å²) in [5.41, 5.74) is 0.887. The zero-order valence-corrected chi connectivity index (χ0v) is 20.8. The molecule has 0 radical (unpaired) electrons. The number of hydrogen-bond acceptors (Lipinski definition) is 5. The minimum Gasteiger partial charge on any atom is -0.356 e. The molecule has 0 saturated carbocycles. The van der Waals surface area contributed by atoms with Gasteiger partial charge >= 0.3 is 0 Å². The van der Waals surface area contributed by atoms with Crippen LogP contribution in [0.3, 0.4) is 0 Å². The third-order valence-corrected chi connectivity index (χ3v) is 5.53. The molecule has 30 heavy (non-hydrogen) atoms. The Bertz CT molecular complexity index is 782. The lowest BCUT2D eigenvalue weighted by Gasteiger charge is -2.33. The minimum atomic E-state index is 0. The molecule has 0 aliphatic carbocycles. The maximum absolute atomic E-state index is 5.92. The molecule has 7 nitrogen and oxygen atoms in total. The van der Waals surface area contributed by atoms with Crippen molar-refractivity contribution in [3.05, 3.63) is 35.2 Å². The lowest BCUT2D eigenvalue weighted by Crippen LogP contribution is -2.41. The Balaban J connectivity index is 0.00000320. The number of benzene rings is 1. The quantitative estimate of drug-likeness (QED) is 0.226. The molecule has 9 heteroatoms. The van der Waals surface area contributed by atoms with E-state index in [-0.39, 0.29) is 24.0 Å². The lowest BCUT2D eigenvalue weighted by molar-refractivity contribution is 0.159. The van der Waals surface area contributed by atoms with Crippen molar-refractivity contribution in [3.63, 3.8) is 0 Å². The third-order valence-electron chi connectivity index (χ3n) is 5.28. The first-order chi connectivity index (χ1) is 14.2. The van der Waals surface area contributed by atoms with Gasteiger partial charge in [0, 0.05) is 49.7 Å². The Kier molecular flexibility index (Phi) is 10.9. The number of rotatable bonds is 8. The molecular formula is C21H32ClIN6O. The summed E-state index contributed by atoms with van der Waals surface area (Å²) < 4.78 is 5.34. The van der Waals surface area contributed by atoms with Crippen LogP contribution in [-0.4, -0.2) is 60.3 Å². The second kappa shape index (κ2) is 13.1. The highest BCUT2D eigenvalue weighted by Crippen LogP contribution is 2.18. The molecule has 166 valence electrons. The van der Waals surface area contributed by atoms with Crippen LogP contribution in [0.5, 0.6) is 0 Å². The van der Waals surface area contributed by atoms with Gasteiger partial charge in [-0.1, -0.05) is 23.2 Å². The summed E-state index contributed by atoms with van der Waals surface area (Å²) in [6.45, 7) is 6.29. The fourth-order valence-corrected chi connectivity index (χ4v) is 3.69. The molecule has 2 N–H and O–H groups in total. The summed E-state index contributed by atoms with van der Waals surface area (Å²) >= 11 is 5.92. The van der Waals surface area contributed by atoms with Crippen molar-refractivity contribution < 1.29 is 4.52 Å². The van der Waals surface area contributed by atoms with E-state index >= 15 is 0 Å². The van der Waals surface area contributed by atoms with Gasteiger partial charge in [-0.15, -0.1) is 24.0 Å². The van der Waals surface area contributed by atoms with E-state index in [4.69, 9.17) is 16.1 Å². The molecule has 0 spiro atoms. The number of halogens is 2. The fraction of sp³-hybridized carbons (Fsp3) is 0.571. The van der Waals surface area contributed by atoms with Crippen LogP contribution in [0.1, 0.15) is 38.5 Å². The number of guanidine groups is 1. The van der Waals surface area contributed by atoms with Crippen LogP contribution >= 0.6 is 35.6 Å². The van der Waals surface area contributed by atoms with Crippen LogP contribution in [0, 0.1) is 0 Å². The molecule has 1 unspecified atom stereocenters. The molecule has 1 saturated heterocycles. The summed E-state index contributed by atoms with van der Waals surface area (Å²) in [6.07, 6.45) is 5.77. The second-order valence-corrected chi connectivity index (χ2v) is 7.87. The van der Waals surface area contributed by atoms with Crippen LogP contribution in [0.25, 0.3) is 11.4 Å². The predicted octanol–water partition coefficient (Wildman–Crippen LogP) is 3.98. The van der Waals surface area contributed by atoms with Crippen LogP contribution < -0.4 is 10.6 Å². The Labute approximate surface area is 201 Å². The molecule has 2 aromatic rings. The average Bonchev–Trinajstić information content (AvgIpc) is 3.20. The number of piperidine rings is 1. The zero-order valence-electron chi connectivity index (χ0n) is 17.7. The lowest BCUT2D eigenvalue weighted by atomic mass is 10.0. The molecule has 3 rings (SSSR count). The molecule has 1 atom stereocenters. The normalized spacial score (nSPS) is 17.4. The van der Waals surface area contributed by atoms with Gasteiger partial charge in [0.25, 0.3) is 0 Å². The van der Waals surface area contributed by atoms with Gasteiger partial charge in [0.15, 0.2) is 5.96 Å². The summed E-state index contributed by atoms with van der Waals surface area (Å²) in [7, 11) is 1.79. The molecule has 1 aliphatic heterocycles. The average molecular weight is 547 g/mol. The summed E-state index contributed by atoms with van der Waals surface area (Å²) in [5, 5.41) is 11.4. The smallest absolute Gasteiger partial charge is 0.228 e. The molecule has 1 fully saturated rings. The number of hydrogen-bond donors (Lipinski definition) is 2. The van der Waals surface area contributed by atoms with Crippen molar-refractivity contribution in [2.24, 2.45) is 4.99 Å². The van der Waals surface area contributed by atoms with Gasteiger partial charge in [-0.25, -0.2) is 0 Å². The molecule has 1 aliphatic rings. The van der Waals surface area contributed by atoms with E-state index in [9.17, 15) is 0 Å². The molecule has 0 bridgehead atoms. The van der Waals surface area contributed by atoms with Gasteiger partial charge in [0.05, 0.1) is 0 Å². The van der Waals surface area contributed by atoms with E-state index in [2.05, 4.69) is 37.6 Å². The van der Waals surface area contributed by atoms with Gasteiger partial charge in [0.2, 0.25) is 11.7 Å². The summed E-state index contributed by atoms with van der Waals surface area (Å²) in [5.74, 6) is 1.97. The third kappa shape index (κ3) is 7.70. The fourth-order valence-electron chi connectivity index (χ4n) is 3.56. The first kappa shape index (κ1) is 24.9. The van der Waals surface area contributed by atoms with E-state index < -0.39 is 0 Å². The molecular weight excluding hydrogens is 515 g/mol. The van der Waals surface area contributed by atoms with Crippen LogP contribution in [0.15, 0.2) is 33.8 Å². The number of aliphatic imine (C=N–C) groups is 1. The van der Waals surface area contributed by atoms with Crippen LogP contribution in [0.4, 0.5) is 0 Å². The van der Waals surface area contributed by atoms with Gasteiger partial charge in [-0.05, 0) is 57.0 Å². The zero-order chi connectivity index (χ0) is 20.5. The highest BCUT2D eigenvalue weighted by Gasteiger charge is 2.17. The Morgan fingerprint density at radius 1 is 1.23 bits per heavy atom. The summed E-state index contributed by atoms with van der Waals surface area (Å²) in [4.78, 5) is 11.3. The van der Waals surface area contributed by atoms with Crippen molar-refractivity contribution in [3.8, 4) is 11.4 Å². The number of nitrogens with one attached hydrogen (secondary N) is 2.